The van der Waals surface area contributed by atoms with Gasteiger partial charge in [-0.3, -0.25) is 10.1 Å². The fourth-order valence-corrected chi connectivity index (χ4v) is 1.09. The number of benzene rings is 1. The quantitative estimate of drug-likeness (QED) is 0.387. The zero-order valence-corrected chi connectivity index (χ0v) is 12.8. The van der Waals surface area contributed by atoms with Crippen molar-refractivity contribution in [3.8, 4) is 0 Å². The number of hydrogen-bond donors (Lipinski definition) is 1. The average molecular weight is 334 g/mol. The fraction of sp³-hybridized carbons (Fsp3) is 0.357. The van der Waals surface area contributed by atoms with Gasteiger partial charge in [0.05, 0.1) is 11.0 Å². The number of esters is 1. The van der Waals surface area contributed by atoms with E-state index in [1.54, 1.807) is 39.0 Å². The van der Waals surface area contributed by atoms with E-state index in [0.717, 1.165) is 0 Å². The lowest BCUT2D eigenvalue weighted by Gasteiger charge is -2.18. The molecule has 0 saturated heterocycles. The minimum atomic E-state index is -4.70. The number of nitro groups is 1. The van der Waals surface area contributed by atoms with Crippen LogP contribution >= 0.6 is 0 Å². The molecule has 23 heavy (non-hydrogen) atoms. The summed E-state index contributed by atoms with van der Waals surface area (Å²) >= 11 is 0. The molecule has 0 atom stereocenters. The molecule has 0 saturated carbocycles. The Morgan fingerprint density at radius 2 is 1.70 bits per heavy atom. The maximum absolute atomic E-state index is 11.8. The number of non-ortho nitro benzene ring substituents is 1. The zero-order valence-electron chi connectivity index (χ0n) is 12.8. The van der Waals surface area contributed by atoms with Gasteiger partial charge in [-0.2, -0.15) is 13.2 Å². The minimum absolute atomic E-state index is 0.137. The summed E-state index contributed by atoms with van der Waals surface area (Å²) in [5, 5.41) is 10.0. The second-order valence-corrected chi connectivity index (χ2v) is 5.22. The van der Waals surface area contributed by atoms with E-state index in [1.165, 1.54) is 12.1 Å². The molecule has 0 aromatic heterocycles. The first-order chi connectivity index (χ1) is 10.3. The van der Waals surface area contributed by atoms with Crippen LogP contribution in [0.2, 0.25) is 0 Å². The highest BCUT2D eigenvalue weighted by atomic mass is 19.4. The van der Waals surface area contributed by atoms with Crippen LogP contribution in [0.5, 0.6) is 0 Å². The number of carbonyl (C=O) groups is 1. The second-order valence-electron chi connectivity index (χ2n) is 5.22. The molecule has 0 aliphatic carbocycles. The van der Waals surface area contributed by atoms with Crippen molar-refractivity contribution >= 4 is 11.7 Å². The number of nitro benzene ring substituents is 1. The van der Waals surface area contributed by atoms with E-state index in [-0.39, 0.29) is 11.8 Å². The third-order valence-corrected chi connectivity index (χ3v) is 1.97. The summed E-state index contributed by atoms with van der Waals surface area (Å²) in [5.74, 6) is -1.10. The Labute approximate surface area is 130 Å². The van der Waals surface area contributed by atoms with E-state index < -0.39 is 28.4 Å². The van der Waals surface area contributed by atoms with Crippen molar-refractivity contribution in [1.82, 2.24) is 0 Å². The van der Waals surface area contributed by atoms with E-state index in [0.29, 0.717) is 0 Å². The van der Waals surface area contributed by atoms with Gasteiger partial charge in [-0.1, -0.05) is 18.2 Å². The largest absolute Gasteiger partial charge is 0.457 e. The molecular formula is C14H17F3N2O4. The number of ether oxygens (including phenoxy) is 1. The summed E-state index contributed by atoms with van der Waals surface area (Å²) in [5.41, 5.74) is 2.44. The molecule has 0 amide bonds. The maximum Gasteiger partial charge on any atom is 0.430 e. The lowest BCUT2D eigenvalue weighted by Crippen LogP contribution is -2.26. The molecule has 0 heterocycles. The Morgan fingerprint density at radius 1 is 1.22 bits per heavy atom. The van der Waals surface area contributed by atoms with Gasteiger partial charge in [-0.05, 0) is 20.8 Å². The SMILES string of the molecule is CC(C)(C)OC(=O)/C=C(/N)C(F)(F)F.O=[N+]([O-])c1ccccc1. The Balaban J connectivity index is 0.000000459. The van der Waals surface area contributed by atoms with Gasteiger partial charge < -0.3 is 10.5 Å². The van der Waals surface area contributed by atoms with Crippen LogP contribution in [0.1, 0.15) is 20.8 Å². The molecule has 0 spiro atoms. The normalized spacial score (nSPS) is 12.0. The summed E-state index contributed by atoms with van der Waals surface area (Å²) in [6, 6.07) is 7.93. The Hall–Kier alpha value is -2.58. The number of carbonyl (C=O) groups excluding carboxylic acids is 1. The van der Waals surface area contributed by atoms with Crippen molar-refractivity contribution < 1.29 is 27.6 Å². The van der Waals surface area contributed by atoms with Gasteiger partial charge in [0, 0.05) is 12.1 Å². The highest BCUT2D eigenvalue weighted by Gasteiger charge is 2.32. The van der Waals surface area contributed by atoms with Crippen molar-refractivity contribution in [3.05, 3.63) is 52.2 Å². The van der Waals surface area contributed by atoms with Crippen LogP contribution in [0.25, 0.3) is 0 Å². The predicted molar refractivity (Wildman–Crippen MR) is 77.3 cm³/mol. The molecule has 1 rings (SSSR count). The third kappa shape index (κ3) is 9.88. The standard InChI is InChI=1S/C8H12F3NO2.C6H5NO2/c1-7(2,3)14-6(13)4-5(12)8(9,10)11;8-7(9)6-4-2-1-3-5-6/h4H,12H2,1-3H3;1-5H/b5-4+;. The number of para-hydroxylation sites is 1. The first kappa shape index (κ1) is 20.4. The van der Waals surface area contributed by atoms with Crippen LogP contribution in [0.3, 0.4) is 0 Å². The Kier molecular flexibility index (Phi) is 7.24. The molecule has 1 aromatic carbocycles. The van der Waals surface area contributed by atoms with Crippen molar-refractivity contribution in [1.29, 1.82) is 0 Å². The van der Waals surface area contributed by atoms with Crippen LogP contribution in [-0.2, 0) is 9.53 Å². The second kappa shape index (κ2) is 8.16. The van der Waals surface area contributed by atoms with Crippen LogP contribution < -0.4 is 5.73 Å². The Morgan fingerprint density at radius 3 is 2.00 bits per heavy atom. The molecule has 128 valence electrons. The number of nitrogens with zero attached hydrogens (tertiary/aromatic N) is 1. The smallest absolute Gasteiger partial charge is 0.430 e. The highest BCUT2D eigenvalue weighted by Crippen LogP contribution is 2.21. The molecule has 2 N–H and O–H groups in total. The summed E-state index contributed by atoms with van der Waals surface area (Å²) in [7, 11) is 0. The molecule has 0 bridgehead atoms. The van der Waals surface area contributed by atoms with Crippen molar-refractivity contribution in [2.24, 2.45) is 5.73 Å². The predicted octanol–water partition coefficient (Wildman–Crippen LogP) is 3.33. The number of alkyl halides is 3. The van der Waals surface area contributed by atoms with Crippen molar-refractivity contribution in [3.63, 3.8) is 0 Å². The van der Waals surface area contributed by atoms with Crippen LogP contribution in [0, 0.1) is 10.1 Å². The van der Waals surface area contributed by atoms with Crippen LogP contribution in [0.4, 0.5) is 18.9 Å². The fourth-order valence-electron chi connectivity index (χ4n) is 1.09. The average Bonchev–Trinajstić information content (AvgIpc) is 2.37. The highest BCUT2D eigenvalue weighted by molar-refractivity contribution is 5.83. The maximum atomic E-state index is 11.8. The van der Waals surface area contributed by atoms with E-state index in [4.69, 9.17) is 0 Å². The zero-order chi connectivity index (χ0) is 18.3. The summed E-state index contributed by atoms with van der Waals surface area (Å²) in [6.07, 6.45) is -4.47. The molecule has 9 heteroatoms. The van der Waals surface area contributed by atoms with Crippen LogP contribution in [0.15, 0.2) is 42.1 Å². The van der Waals surface area contributed by atoms with E-state index in [2.05, 4.69) is 10.5 Å². The van der Waals surface area contributed by atoms with Gasteiger partial charge in [-0.15, -0.1) is 0 Å². The molecule has 0 aliphatic rings. The van der Waals surface area contributed by atoms with Gasteiger partial charge in [0.1, 0.15) is 11.3 Å². The molecule has 0 unspecified atom stereocenters. The first-order valence-corrected chi connectivity index (χ1v) is 6.29. The molecule has 0 radical (unpaired) electrons. The summed E-state index contributed by atoms with van der Waals surface area (Å²) in [6.45, 7) is 4.63. The molecule has 1 aromatic rings. The topological polar surface area (TPSA) is 95.5 Å². The number of hydrogen-bond acceptors (Lipinski definition) is 5. The molecular weight excluding hydrogens is 317 g/mol. The van der Waals surface area contributed by atoms with Gasteiger partial charge in [0.15, 0.2) is 0 Å². The van der Waals surface area contributed by atoms with Gasteiger partial charge in [0.25, 0.3) is 5.69 Å². The number of halogens is 3. The lowest BCUT2D eigenvalue weighted by atomic mass is 10.2. The number of nitrogens with two attached hydrogens (primary N) is 1. The van der Waals surface area contributed by atoms with Gasteiger partial charge in [0.2, 0.25) is 0 Å². The number of rotatable bonds is 2. The van der Waals surface area contributed by atoms with Gasteiger partial charge in [-0.25, -0.2) is 4.79 Å². The molecule has 6 nitrogen and oxygen atoms in total. The van der Waals surface area contributed by atoms with Gasteiger partial charge >= 0.3 is 12.1 Å². The van der Waals surface area contributed by atoms with E-state index >= 15 is 0 Å². The van der Waals surface area contributed by atoms with Crippen molar-refractivity contribution in [2.45, 2.75) is 32.5 Å². The molecule has 0 fully saturated rings. The minimum Gasteiger partial charge on any atom is -0.457 e. The van der Waals surface area contributed by atoms with Crippen molar-refractivity contribution in [2.75, 3.05) is 0 Å². The molecule has 0 aliphatic heterocycles. The van der Waals surface area contributed by atoms with E-state index in [1.807, 2.05) is 0 Å². The monoisotopic (exact) mass is 334 g/mol. The lowest BCUT2D eigenvalue weighted by molar-refractivity contribution is -0.384. The van der Waals surface area contributed by atoms with E-state index in [9.17, 15) is 28.1 Å². The summed E-state index contributed by atoms with van der Waals surface area (Å²) in [4.78, 5) is 20.4. The van der Waals surface area contributed by atoms with Crippen LogP contribution in [-0.4, -0.2) is 22.7 Å². The first-order valence-electron chi connectivity index (χ1n) is 6.29. The third-order valence-electron chi connectivity index (χ3n) is 1.97. The number of allylic oxidation sites excluding steroid dienone is 1. The summed E-state index contributed by atoms with van der Waals surface area (Å²) < 4.78 is 40.1. The Bertz CT molecular complexity index is 564.